The van der Waals surface area contributed by atoms with Gasteiger partial charge in [0.05, 0.1) is 4.91 Å². The van der Waals surface area contributed by atoms with E-state index >= 15 is 0 Å². The average Bonchev–Trinajstić information content (AvgIpc) is 3.03. The fourth-order valence-electron chi connectivity index (χ4n) is 2.77. The van der Waals surface area contributed by atoms with Gasteiger partial charge in [-0.3, -0.25) is 10.2 Å². The smallest absolute Gasteiger partial charge is 0.272 e. The van der Waals surface area contributed by atoms with E-state index in [1.54, 1.807) is 24.3 Å². The number of thiocarbonyl (C=S) groups is 1. The van der Waals surface area contributed by atoms with E-state index in [-0.39, 0.29) is 21.0 Å². The van der Waals surface area contributed by atoms with Gasteiger partial charge in [0.2, 0.25) is 0 Å². The molecule has 1 amide bonds. The molecule has 0 aromatic heterocycles. The summed E-state index contributed by atoms with van der Waals surface area (Å²) in [6.45, 7) is 1.97. The first-order chi connectivity index (χ1) is 12.8. The molecule has 27 heavy (non-hydrogen) atoms. The molecule has 2 aromatic carbocycles. The summed E-state index contributed by atoms with van der Waals surface area (Å²) in [4.78, 5) is 13.3. The molecule has 1 saturated heterocycles. The second kappa shape index (κ2) is 6.59. The van der Waals surface area contributed by atoms with Gasteiger partial charge in [0.25, 0.3) is 15.9 Å². The van der Waals surface area contributed by atoms with Crippen molar-refractivity contribution in [3.8, 4) is 0 Å². The number of carbonyl (C=O) groups is 1. The van der Waals surface area contributed by atoms with Gasteiger partial charge < -0.3 is 0 Å². The van der Waals surface area contributed by atoms with Crippen LogP contribution in [0.5, 0.6) is 0 Å². The standard InChI is InChI=1S/C18H13N3O3S3/c1-11-5-4-6-12(9-11)10-14-17(22)21(18(25)26-14)19-16-13-7-2-3-8-15(13)27(23,24)20-16/h2-10H,1H3,(H,19,20)/b14-10+. The molecule has 2 aliphatic heterocycles. The normalized spacial score (nSPS) is 19.4. The van der Waals surface area contributed by atoms with Crippen LogP contribution in [0.15, 0.2) is 62.7 Å². The monoisotopic (exact) mass is 415 g/mol. The van der Waals surface area contributed by atoms with Crippen LogP contribution in [0.1, 0.15) is 16.7 Å². The number of hydrazine groups is 1. The molecule has 0 atom stereocenters. The molecule has 0 saturated carbocycles. The van der Waals surface area contributed by atoms with Crippen molar-refractivity contribution in [2.75, 3.05) is 0 Å². The van der Waals surface area contributed by atoms with Crippen LogP contribution < -0.4 is 5.43 Å². The number of hydrogen-bond acceptors (Lipinski definition) is 6. The third-order valence-corrected chi connectivity index (χ3v) is 6.62. The first kappa shape index (κ1) is 17.9. The number of benzene rings is 2. The van der Waals surface area contributed by atoms with Crippen molar-refractivity contribution in [3.63, 3.8) is 0 Å². The van der Waals surface area contributed by atoms with Crippen LogP contribution >= 0.6 is 24.0 Å². The van der Waals surface area contributed by atoms with E-state index in [1.165, 1.54) is 6.07 Å². The Morgan fingerprint density at radius 1 is 1.19 bits per heavy atom. The van der Waals surface area contributed by atoms with Crippen LogP contribution in [0.25, 0.3) is 6.08 Å². The number of amidine groups is 1. The Balaban J connectivity index is 1.63. The summed E-state index contributed by atoms with van der Waals surface area (Å²) in [5.74, 6) is -0.269. The lowest BCUT2D eigenvalue weighted by Crippen LogP contribution is -2.44. The Hall–Kier alpha value is -2.49. The highest BCUT2D eigenvalue weighted by Gasteiger charge is 2.36. The zero-order chi connectivity index (χ0) is 19.2. The average molecular weight is 416 g/mol. The maximum atomic E-state index is 12.7. The van der Waals surface area contributed by atoms with Crippen molar-refractivity contribution < 1.29 is 13.2 Å². The molecule has 9 heteroatoms. The number of carbonyl (C=O) groups excluding carboxylic acids is 1. The predicted octanol–water partition coefficient (Wildman–Crippen LogP) is 2.85. The van der Waals surface area contributed by atoms with Crippen molar-refractivity contribution >= 4 is 56.1 Å². The minimum Gasteiger partial charge on any atom is -0.272 e. The zero-order valence-electron chi connectivity index (χ0n) is 14.0. The minimum absolute atomic E-state index is 0.0821. The van der Waals surface area contributed by atoms with E-state index < -0.39 is 10.0 Å². The molecule has 0 unspecified atom stereocenters. The molecule has 2 aromatic rings. The zero-order valence-corrected chi connectivity index (χ0v) is 16.5. The van der Waals surface area contributed by atoms with E-state index in [2.05, 4.69) is 9.82 Å². The molecule has 0 spiro atoms. The lowest BCUT2D eigenvalue weighted by molar-refractivity contribution is -0.123. The molecule has 2 aliphatic rings. The van der Waals surface area contributed by atoms with E-state index in [1.807, 2.05) is 31.2 Å². The Morgan fingerprint density at radius 3 is 2.74 bits per heavy atom. The van der Waals surface area contributed by atoms with Gasteiger partial charge in [-0.25, -0.2) is 0 Å². The van der Waals surface area contributed by atoms with Crippen molar-refractivity contribution in [1.29, 1.82) is 0 Å². The van der Waals surface area contributed by atoms with Crippen molar-refractivity contribution in [2.45, 2.75) is 11.8 Å². The summed E-state index contributed by atoms with van der Waals surface area (Å²) in [6.07, 6.45) is 1.76. The van der Waals surface area contributed by atoms with Crippen molar-refractivity contribution in [1.82, 2.24) is 10.4 Å². The Bertz CT molecular complexity index is 1150. The lowest BCUT2D eigenvalue weighted by atomic mass is 10.1. The first-order valence-corrected chi connectivity index (χ1v) is 10.6. The molecule has 0 radical (unpaired) electrons. The number of sulfonamides is 1. The second-order valence-electron chi connectivity index (χ2n) is 5.95. The quantitative estimate of drug-likeness (QED) is 0.600. The Morgan fingerprint density at radius 2 is 1.96 bits per heavy atom. The molecular weight excluding hydrogens is 402 g/mol. The maximum absolute atomic E-state index is 12.7. The van der Waals surface area contributed by atoms with E-state index in [0.717, 1.165) is 27.9 Å². The molecule has 4 rings (SSSR count). The van der Waals surface area contributed by atoms with Crippen LogP contribution in [0.2, 0.25) is 0 Å². The van der Waals surface area contributed by atoms with Crippen LogP contribution in [0, 0.1) is 6.92 Å². The third-order valence-electron chi connectivity index (χ3n) is 3.98. The Labute approximate surface area is 166 Å². The fraction of sp³-hybridized carbons (Fsp3) is 0.0556. The van der Waals surface area contributed by atoms with E-state index in [9.17, 15) is 13.2 Å². The summed E-state index contributed by atoms with van der Waals surface area (Å²) in [6, 6.07) is 14.2. The second-order valence-corrected chi connectivity index (χ2v) is 9.20. The van der Waals surface area contributed by atoms with Gasteiger partial charge >= 0.3 is 0 Å². The minimum atomic E-state index is -3.78. The highest BCUT2D eigenvalue weighted by molar-refractivity contribution is 8.26. The Kier molecular flexibility index (Phi) is 4.37. The van der Waals surface area contributed by atoms with Gasteiger partial charge in [-0.1, -0.05) is 53.7 Å². The van der Waals surface area contributed by atoms with Gasteiger partial charge in [-0.15, -0.1) is 4.40 Å². The van der Waals surface area contributed by atoms with Crippen LogP contribution in [0.3, 0.4) is 0 Å². The largest absolute Gasteiger partial charge is 0.285 e. The number of fused-ring (bicyclic) bond motifs is 1. The van der Waals surface area contributed by atoms with Gasteiger partial charge in [0.15, 0.2) is 10.2 Å². The van der Waals surface area contributed by atoms with E-state index in [0.29, 0.717) is 10.5 Å². The van der Waals surface area contributed by atoms with Gasteiger partial charge in [-0.2, -0.15) is 13.4 Å². The van der Waals surface area contributed by atoms with Gasteiger partial charge in [0, 0.05) is 5.56 Å². The fourth-order valence-corrected chi connectivity index (χ4v) is 5.12. The SMILES string of the molecule is Cc1cccc(/C=C2/SC(=S)N(NC3=NS(=O)(=O)c4ccccc43)C2=O)c1. The molecule has 2 heterocycles. The van der Waals surface area contributed by atoms with E-state index in [4.69, 9.17) is 12.2 Å². The topological polar surface area (TPSA) is 78.8 Å². The molecule has 1 N–H and O–H groups in total. The number of aryl methyl sites for hydroxylation is 1. The third kappa shape index (κ3) is 3.29. The number of amides is 1. The first-order valence-electron chi connectivity index (χ1n) is 7.91. The summed E-state index contributed by atoms with van der Waals surface area (Å²) >= 11 is 6.44. The van der Waals surface area contributed by atoms with Crippen LogP contribution in [-0.2, 0) is 14.8 Å². The highest BCUT2D eigenvalue weighted by Crippen LogP contribution is 2.32. The summed E-state index contributed by atoms with van der Waals surface area (Å²) in [7, 11) is -3.78. The number of hydrogen-bond donors (Lipinski definition) is 1. The van der Waals surface area contributed by atoms with Gasteiger partial charge in [-0.05, 0) is 42.9 Å². The molecule has 0 bridgehead atoms. The number of thioether (sulfide) groups is 1. The van der Waals surface area contributed by atoms with Crippen molar-refractivity contribution in [2.24, 2.45) is 4.40 Å². The molecule has 1 fully saturated rings. The molecular formula is C18H13N3O3S3. The van der Waals surface area contributed by atoms with Gasteiger partial charge in [0.1, 0.15) is 4.90 Å². The predicted molar refractivity (Wildman–Crippen MR) is 109 cm³/mol. The summed E-state index contributed by atoms with van der Waals surface area (Å²) in [5.41, 5.74) is 5.15. The molecule has 0 aliphatic carbocycles. The number of rotatable bonds is 2. The summed E-state index contributed by atoms with van der Waals surface area (Å²) in [5, 5.41) is 1.15. The lowest BCUT2D eigenvalue weighted by Gasteiger charge is -2.16. The summed E-state index contributed by atoms with van der Waals surface area (Å²) < 4.78 is 28.3. The van der Waals surface area contributed by atoms with Crippen LogP contribution in [-0.4, -0.2) is 29.5 Å². The molecule has 136 valence electrons. The maximum Gasteiger partial charge on any atom is 0.285 e. The van der Waals surface area contributed by atoms with Crippen LogP contribution in [0.4, 0.5) is 0 Å². The van der Waals surface area contributed by atoms with Crippen molar-refractivity contribution in [3.05, 3.63) is 70.1 Å². The highest BCUT2D eigenvalue weighted by atomic mass is 32.2. The number of nitrogens with one attached hydrogen (secondary N) is 1. The number of nitrogens with zero attached hydrogens (tertiary/aromatic N) is 2. The molecule has 6 nitrogen and oxygen atoms in total.